The number of hydrogen-bond acceptors (Lipinski definition) is 0. The Morgan fingerprint density at radius 2 is 1.81 bits per heavy atom. The second-order valence-electron chi connectivity index (χ2n) is 4.30. The number of aromatic nitrogens is 2. The highest BCUT2D eigenvalue weighted by Crippen LogP contribution is 2.27. The van der Waals surface area contributed by atoms with E-state index in [2.05, 4.69) is 22.3 Å². The van der Waals surface area contributed by atoms with Crippen LogP contribution in [0.1, 0.15) is 24.1 Å². The summed E-state index contributed by atoms with van der Waals surface area (Å²) in [6, 6.07) is 8.01. The van der Waals surface area contributed by atoms with Gasteiger partial charge in [0.05, 0.1) is 11.3 Å². The van der Waals surface area contributed by atoms with Crippen molar-refractivity contribution in [1.82, 2.24) is 5.10 Å². The van der Waals surface area contributed by atoms with E-state index >= 15 is 0 Å². The van der Waals surface area contributed by atoms with Gasteiger partial charge in [-0.3, -0.25) is 0 Å². The van der Waals surface area contributed by atoms with Crippen molar-refractivity contribution < 1.29 is 5.10 Å². The van der Waals surface area contributed by atoms with E-state index in [1.165, 1.54) is 48.2 Å². The predicted molar refractivity (Wildman–Crippen MR) is 64.4 cm³/mol. The standard InChI is InChI=1S/C13H13ClN2/c14-10-7-5-9(6-8-10)13-11-3-1-2-4-12(11)15-16-13/h5-8H,1-4H2,(H,15,16)/p+1. The molecule has 1 aromatic carbocycles. The second-order valence-corrected chi connectivity index (χ2v) is 4.73. The Morgan fingerprint density at radius 1 is 1.06 bits per heavy atom. The molecule has 1 aliphatic carbocycles. The first kappa shape index (κ1) is 9.91. The summed E-state index contributed by atoms with van der Waals surface area (Å²) in [5.74, 6) is 0. The average Bonchev–Trinajstić information content (AvgIpc) is 2.74. The zero-order valence-corrected chi connectivity index (χ0v) is 9.77. The Hall–Kier alpha value is -1.28. The number of H-pyrrole nitrogens is 2. The van der Waals surface area contributed by atoms with Crippen LogP contribution in [0.15, 0.2) is 24.3 Å². The fourth-order valence-electron chi connectivity index (χ4n) is 2.40. The van der Waals surface area contributed by atoms with Crippen LogP contribution in [0.4, 0.5) is 0 Å². The van der Waals surface area contributed by atoms with Gasteiger partial charge in [0.1, 0.15) is 0 Å². The van der Waals surface area contributed by atoms with E-state index in [-0.39, 0.29) is 0 Å². The lowest BCUT2D eigenvalue weighted by molar-refractivity contribution is -0.438. The Bertz CT molecular complexity index is 499. The summed E-state index contributed by atoms with van der Waals surface area (Å²) in [5.41, 5.74) is 5.26. The highest BCUT2D eigenvalue weighted by Gasteiger charge is 2.22. The van der Waals surface area contributed by atoms with Crippen LogP contribution in [0.5, 0.6) is 0 Å². The number of halogens is 1. The van der Waals surface area contributed by atoms with Crippen molar-refractivity contribution in [2.45, 2.75) is 25.7 Å². The Morgan fingerprint density at radius 3 is 2.62 bits per heavy atom. The highest BCUT2D eigenvalue weighted by molar-refractivity contribution is 6.30. The molecule has 1 aromatic heterocycles. The molecular formula is C13H14ClN2+. The van der Waals surface area contributed by atoms with E-state index in [1.54, 1.807) is 0 Å². The van der Waals surface area contributed by atoms with E-state index in [9.17, 15) is 0 Å². The summed E-state index contributed by atoms with van der Waals surface area (Å²) < 4.78 is 0. The molecule has 0 fully saturated rings. The largest absolute Gasteiger partial charge is 0.239 e. The van der Waals surface area contributed by atoms with Gasteiger partial charge in [-0.05, 0) is 49.9 Å². The molecule has 0 aliphatic heterocycles. The first-order valence-corrected chi connectivity index (χ1v) is 6.10. The van der Waals surface area contributed by atoms with Crippen LogP contribution in [0.3, 0.4) is 0 Å². The molecule has 0 saturated heterocycles. The van der Waals surface area contributed by atoms with Gasteiger partial charge in [0, 0.05) is 10.6 Å². The van der Waals surface area contributed by atoms with E-state index in [4.69, 9.17) is 11.6 Å². The smallest absolute Gasteiger partial charge is 0.171 e. The van der Waals surface area contributed by atoms with Gasteiger partial charge in [0.2, 0.25) is 5.69 Å². The van der Waals surface area contributed by atoms with Crippen molar-refractivity contribution in [3.8, 4) is 11.3 Å². The summed E-state index contributed by atoms with van der Waals surface area (Å²) in [6.45, 7) is 0. The molecule has 2 N–H and O–H groups in total. The van der Waals surface area contributed by atoms with Gasteiger partial charge < -0.3 is 0 Å². The molecule has 3 rings (SSSR count). The van der Waals surface area contributed by atoms with Crippen molar-refractivity contribution in [2.75, 3.05) is 0 Å². The van der Waals surface area contributed by atoms with E-state index in [1.807, 2.05) is 12.1 Å². The first-order valence-electron chi connectivity index (χ1n) is 5.72. The summed E-state index contributed by atoms with van der Waals surface area (Å²) in [4.78, 5) is 0. The molecule has 16 heavy (non-hydrogen) atoms. The van der Waals surface area contributed by atoms with Crippen LogP contribution in [-0.2, 0) is 12.8 Å². The molecule has 3 heteroatoms. The number of aryl methyl sites for hydroxylation is 1. The zero-order chi connectivity index (χ0) is 11.0. The Kier molecular flexibility index (Phi) is 2.44. The summed E-state index contributed by atoms with van der Waals surface area (Å²) in [6.07, 6.45) is 4.92. The maximum Gasteiger partial charge on any atom is 0.239 e. The minimum Gasteiger partial charge on any atom is -0.171 e. The van der Waals surface area contributed by atoms with Crippen LogP contribution >= 0.6 is 11.6 Å². The third kappa shape index (κ3) is 1.63. The van der Waals surface area contributed by atoms with Crippen LogP contribution < -0.4 is 5.10 Å². The third-order valence-corrected chi connectivity index (χ3v) is 3.49. The Balaban J connectivity index is 2.06. The maximum atomic E-state index is 5.90. The van der Waals surface area contributed by atoms with Crippen LogP contribution in [0, 0.1) is 0 Å². The molecule has 0 spiro atoms. The zero-order valence-electron chi connectivity index (χ0n) is 9.02. The number of aromatic amines is 2. The monoisotopic (exact) mass is 233 g/mol. The molecule has 0 bridgehead atoms. The van der Waals surface area contributed by atoms with Crippen molar-refractivity contribution in [2.24, 2.45) is 0 Å². The fourth-order valence-corrected chi connectivity index (χ4v) is 2.52. The molecule has 2 nitrogen and oxygen atoms in total. The lowest BCUT2D eigenvalue weighted by Crippen LogP contribution is -2.05. The fraction of sp³-hybridized carbons (Fsp3) is 0.308. The summed E-state index contributed by atoms with van der Waals surface area (Å²) in [5, 5.41) is 7.35. The lowest BCUT2D eigenvalue weighted by Gasteiger charge is -2.07. The maximum absolute atomic E-state index is 5.90. The number of benzene rings is 1. The summed E-state index contributed by atoms with van der Waals surface area (Å²) >= 11 is 5.90. The molecule has 0 saturated carbocycles. The van der Waals surface area contributed by atoms with Crippen LogP contribution in [0.25, 0.3) is 11.3 Å². The van der Waals surface area contributed by atoms with E-state index in [0.717, 1.165) is 5.02 Å². The van der Waals surface area contributed by atoms with Gasteiger partial charge in [0.25, 0.3) is 0 Å². The predicted octanol–water partition coefficient (Wildman–Crippen LogP) is 3.03. The van der Waals surface area contributed by atoms with Crippen LogP contribution in [0.2, 0.25) is 5.02 Å². The van der Waals surface area contributed by atoms with Crippen LogP contribution in [-0.4, -0.2) is 5.10 Å². The molecular weight excluding hydrogens is 220 g/mol. The van der Waals surface area contributed by atoms with Gasteiger partial charge in [0.15, 0.2) is 0 Å². The second kappa shape index (κ2) is 3.95. The van der Waals surface area contributed by atoms with E-state index in [0.29, 0.717) is 0 Å². The molecule has 2 aromatic rings. The summed E-state index contributed by atoms with van der Waals surface area (Å²) in [7, 11) is 0. The SMILES string of the molecule is Clc1ccc(-c2[nH+][nH]c3c2CCCC3)cc1. The molecule has 1 aliphatic rings. The molecule has 0 radical (unpaired) electrons. The number of rotatable bonds is 1. The van der Waals surface area contributed by atoms with Gasteiger partial charge in [-0.15, -0.1) is 5.10 Å². The lowest BCUT2D eigenvalue weighted by atomic mass is 9.94. The number of nitrogens with one attached hydrogen (secondary N) is 2. The van der Waals surface area contributed by atoms with Gasteiger partial charge in [-0.2, -0.15) is 5.10 Å². The molecule has 0 atom stereocenters. The van der Waals surface area contributed by atoms with Crippen molar-refractivity contribution in [3.05, 3.63) is 40.5 Å². The molecule has 1 heterocycles. The van der Waals surface area contributed by atoms with Crippen molar-refractivity contribution in [1.29, 1.82) is 0 Å². The molecule has 0 amide bonds. The normalized spacial score (nSPS) is 14.8. The minimum atomic E-state index is 0.785. The van der Waals surface area contributed by atoms with Crippen molar-refractivity contribution >= 4 is 11.6 Å². The highest BCUT2D eigenvalue weighted by atomic mass is 35.5. The average molecular weight is 234 g/mol. The number of fused-ring (bicyclic) bond motifs is 1. The molecule has 82 valence electrons. The molecule has 0 unspecified atom stereocenters. The first-order chi connectivity index (χ1) is 7.84. The Labute approximate surface area is 99.6 Å². The quantitative estimate of drug-likeness (QED) is 0.785. The van der Waals surface area contributed by atoms with E-state index < -0.39 is 0 Å². The van der Waals surface area contributed by atoms with Gasteiger partial charge in [-0.25, -0.2) is 0 Å². The van der Waals surface area contributed by atoms with Crippen molar-refractivity contribution in [3.63, 3.8) is 0 Å². The van der Waals surface area contributed by atoms with Gasteiger partial charge >= 0.3 is 0 Å². The number of hydrogen-bond donors (Lipinski definition) is 1. The minimum absolute atomic E-state index is 0.785. The topological polar surface area (TPSA) is 29.9 Å². The van der Waals surface area contributed by atoms with Gasteiger partial charge in [-0.1, -0.05) is 11.6 Å². The third-order valence-electron chi connectivity index (χ3n) is 3.24.